The van der Waals surface area contributed by atoms with E-state index in [1.165, 1.54) is 22.6 Å². The zero-order chi connectivity index (χ0) is 14.7. The number of carbonyl (C=O) groups is 1. The summed E-state index contributed by atoms with van der Waals surface area (Å²) >= 11 is 7.47. The lowest BCUT2D eigenvalue weighted by Gasteiger charge is -2.03. The number of nitrogens with one attached hydrogen (secondary N) is 1. The number of hydrogen-bond acceptors (Lipinski definition) is 3. The molecular weight excluding hydrogens is 304 g/mol. The van der Waals surface area contributed by atoms with Gasteiger partial charge in [-0.2, -0.15) is 0 Å². The number of benzene rings is 1. The van der Waals surface area contributed by atoms with Crippen molar-refractivity contribution in [1.82, 2.24) is 4.98 Å². The minimum atomic E-state index is 0.0522. The van der Waals surface area contributed by atoms with E-state index in [2.05, 4.69) is 10.3 Å². The summed E-state index contributed by atoms with van der Waals surface area (Å²) in [4.78, 5) is 17.7. The molecule has 1 aromatic heterocycles. The van der Waals surface area contributed by atoms with Gasteiger partial charge in [0.2, 0.25) is 5.91 Å². The molecule has 3 rings (SSSR count). The van der Waals surface area contributed by atoms with Crippen molar-refractivity contribution in [3.8, 4) is 0 Å². The SMILES string of the molecule is O=C(CCCc1ccc(Cl)cc1)Nc1nc2c(s1)CCC2. The van der Waals surface area contributed by atoms with Crippen molar-refractivity contribution in [2.45, 2.75) is 38.5 Å². The highest BCUT2D eigenvalue weighted by molar-refractivity contribution is 7.15. The highest BCUT2D eigenvalue weighted by atomic mass is 35.5. The maximum Gasteiger partial charge on any atom is 0.226 e. The average molecular weight is 321 g/mol. The molecule has 1 amide bonds. The predicted octanol–water partition coefficient (Wildman–Crippen LogP) is 4.25. The van der Waals surface area contributed by atoms with Crippen LogP contribution < -0.4 is 5.32 Å². The van der Waals surface area contributed by atoms with Crippen LogP contribution >= 0.6 is 22.9 Å². The largest absolute Gasteiger partial charge is 0.302 e. The summed E-state index contributed by atoms with van der Waals surface area (Å²) in [5, 5.41) is 4.42. The van der Waals surface area contributed by atoms with Crippen molar-refractivity contribution in [1.29, 1.82) is 0 Å². The molecule has 5 heteroatoms. The first-order valence-electron chi connectivity index (χ1n) is 7.23. The number of anilines is 1. The van der Waals surface area contributed by atoms with Gasteiger partial charge in [0.25, 0.3) is 0 Å². The Kier molecular flexibility index (Phi) is 4.56. The first-order valence-corrected chi connectivity index (χ1v) is 8.43. The second-order valence-corrected chi connectivity index (χ2v) is 6.79. The smallest absolute Gasteiger partial charge is 0.226 e. The van der Waals surface area contributed by atoms with E-state index in [-0.39, 0.29) is 5.91 Å². The molecule has 0 radical (unpaired) electrons. The minimum absolute atomic E-state index is 0.0522. The number of aryl methyl sites for hydroxylation is 3. The monoisotopic (exact) mass is 320 g/mol. The Bertz CT molecular complexity index is 615. The van der Waals surface area contributed by atoms with Gasteiger partial charge >= 0.3 is 0 Å². The Labute approximate surface area is 133 Å². The van der Waals surface area contributed by atoms with Gasteiger partial charge < -0.3 is 5.32 Å². The lowest BCUT2D eigenvalue weighted by molar-refractivity contribution is -0.116. The van der Waals surface area contributed by atoms with Gasteiger partial charge in [0.1, 0.15) is 0 Å². The minimum Gasteiger partial charge on any atom is -0.302 e. The summed E-state index contributed by atoms with van der Waals surface area (Å²) in [5.74, 6) is 0.0522. The number of amides is 1. The van der Waals surface area contributed by atoms with Gasteiger partial charge in [-0.1, -0.05) is 23.7 Å². The quantitative estimate of drug-likeness (QED) is 0.895. The highest BCUT2D eigenvalue weighted by Crippen LogP contribution is 2.30. The maximum absolute atomic E-state index is 11.9. The van der Waals surface area contributed by atoms with Crippen LogP contribution in [0.15, 0.2) is 24.3 Å². The highest BCUT2D eigenvalue weighted by Gasteiger charge is 2.17. The van der Waals surface area contributed by atoms with Gasteiger partial charge in [-0.3, -0.25) is 4.79 Å². The molecule has 1 aromatic carbocycles. The number of nitrogens with zero attached hydrogens (tertiary/aromatic N) is 1. The van der Waals surface area contributed by atoms with Gasteiger partial charge in [-0.25, -0.2) is 4.98 Å². The average Bonchev–Trinajstić information content (AvgIpc) is 3.02. The van der Waals surface area contributed by atoms with Crippen LogP contribution in [0.3, 0.4) is 0 Å². The molecule has 1 aliphatic carbocycles. The van der Waals surface area contributed by atoms with E-state index in [4.69, 9.17) is 11.6 Å². The number of carbonyl (C=O) groups excluding carboxylic acids is 1. The lowest BCUT2D eigenvalue weighted by Crippen LogP contribution is -2.11. The Morgan fingerprint density at radius 2 is 2.10 bits per heavy atom. The van der Waals surface area contributed by atoms with Crippen LogP contribution in [0.2, 0.25) is 5.02 Å². The van der Waals surface area contributed by atoms with Crippen LogP contribution in [0.25, 0.3) is 0 Å². The van der Waals surface area contributed by atoms with Crippen molar-refractivity contribution < 1.29 is 4.79 Å². The van der Waals surface area contributed by atoms with Gasteiger partial charge in [-0.15, -0.1) is 11.3 Å². The second kappa shape index (κ2) is 6.58. The molecule has 0 bridgehead atoms. The summed E-state index contributed by atoms with van der Waals surface area (Å²) < 4.78 is 0. The van der Waals surface area contributed by atoms with Gasteiger partial charge in [-0.05, 0) is 49.8 Å². The summed E-state index contributed by atoms with van der Waals surface area (Å²) in [7, 11) is 0. The standard InChI is InChI=1S/C16H17ClN2OS/c17-12-9-7-11(8-10-12)3-1-6-15(20)19-16-18-13-4-2-5-14(13)21-16/h7-10H,1-6H2,(H,18,19,20). The molecule has 21 heavy (non-hydrogen) atoms. The number of halogens is 1. The first-order chi connectivity index (χ1) is 10.2. The molecule has 0 saturated heterocycles. The molecule has 0 saturated carbocycles. The van der Waals surface area contributed by atoms with Gasteiger partial charge in [0.05, 0.1) is 5.69 Å². The molecule has 3 nitrogen and oxygen atoms in total. The fourth-order valence-electron chi connectivity index (χ4n) is 2.53. The number of rotatable bonds is 5. The molecule has 110 valence electrons. The molecule has 1 N–H and O–H groups in total. The topological polar surface area (TPSA) is 42.0 Å². The number of aromatic nitrogens is 1. The van der Waals surface area contributed by atoms with Crippen molar-refractivity contribution in [3.63, 3.8) is 0 Å². The van der Waals surface area contributed by atoms with E-state index >= 15 is 0 Å². The second-order valence-electron chi connectivity index (χ2n) is 5.27. The molecule has 1 heterocycles. The Balaban J connectivity index is 1.44. The number of fused-ring (bicyclic) bond motifs is 1. The van der Waals surface area contributed by atoms with Crippen LogP contribution in [-0.4, -0.2) is 10.9 Å². The molecular formula is C16H17ClN2OS. The lowest BCUT2D eigenvalue weighted by atomic mass is 10.1. The van der Waals surface area contributed by atoms with Crippen molar-refractivity contribution in [3.05, 3.63) is 45.4 Å². The molecule has 0 aliphatic heterocycles. The molecule has 1 aliphatic rings. The van der Waals surface area contributed by atoms with Crippen molar-refractivity contribution in [2.75, 3.05) is 5.32 Å². The molecule has 0 spiro atoms. The van der Waals surface area contributed by atoms with Crippen molar-refractivity contribution in [2.24, 2.45) is 0 Å². The maximum atomic E-state index is 11.9. The molecule has 0 unspecified atom stereocenters. The van der Waals surface area contributed by atoms with Gasteiger partial charge in [0.15, 0.2) is 5.13 Å². The fraction of sp³-hybridized carbons (Fsp3) is 0.375. The number of hydrogen-bond donors (Lipinski definition) is 1. The fourth-order valence-corrected chi connectivity index (χ4v) is 3.72. The van der Waals surface area contributed by atoms with Crippen molar-refractivity contribution >= 4 is 34.0 Å². The van der Waals surface area contributed by atoms with E-state index in [9.17, 15) is 4.79 Å². The summed E-state index contributed by atoms with van der Waals surface area (Å²) in [5.41, 5.74) is 2.39. The predicted molar refractivity (Wildman–Crippen MR) is 87.2 cm³/mol. The summed E-state index contributed by atoms with van der Waals surface area (Å²) in [6.45, 7) is 0. The Hall–Kier alpha value is -1.39. The van der Waals surface area contributed by atoms with E-state index in [0.717, 1.165) is 35.8 Å². The molecule has 2 aromatic rings. The Morgan fingerprint density at radius 3 is 2.86 bits per heavy atom. The van der Waals surface area contributed by atoms with E-state index in [1.54, 1.807) is 11.3 Å². The van der Waals surface area contributed by atoms with Crippen LogP contribution in [0, 0.1) is 0 Å². The first kappa shape index (κ1) is 14.5. The zero-order valence-electron chi connectivity index (χ0n) is 11.7. The zero-order valence-corrected chi connectivity index (χ0v) is 13.3. The van der Waals surface area contributed by atoms with Gasteiger partial charge in [0, 0.05) is 16.3 Å². The normalized spacial score (nSPS) is 13.2. The van der Waals surface area contributed by atoms with Crippen LogP contribution in [0.4, 0.5) is 5.13 Å². The number of thiazole rings is 1. The third kappa shape index (κ3) is 3.83. The Morgan fingerprint density at radius 1 is 1.29 bits per heavy atom. The summed E-state index contributed by atoms with van der Waals surface area (Å²) in [6, 6.07) is 7.78. The van der Waals surface area contributed by atoms with Crippen LogP contribution in [-0.2, 0) is 24.1 Å². The third-order valence-corrected chi connectivity index (χ3v) is 4.95. The van der Waals surface area contributed by atoms with E-state index in [1.807, 2.05) is 24.3 Å². The summed E-state index contributed by atoms with van der Waals surface area (Å²) in [6.07, 6.45) is 5.60. The van der Waals surface area contributed by atoms with Crippen LogP contribution in [0.5, 0.6) is 0 Å². The van der Waals surface area contributed by atoms with E-state index < -0.39 is 0 Å². The molecule has 0 fully saturated rings. The van der Waals surface area contributed by atoms with E-state index in [0.29, 0.717) is 6.42 Å². The van der Waals surface area contributed by atoms with Crippen LogP contribution in [0.1, 0.15) is 35.4 Å². The molecule has 0 atom stereocenters. The third-order valence-electron chi connectivity index (χ3n) is 3.62.